The zero-order valence-corrected chi connectivity index (χ0v) is 31.8. The van der Waals surface area contributed by atoms with Crippen LogP contribution in [0.5, 0.6) is 0 Å². The predicted octanol–water partition coefficient (Wildman–Crippen LogP) is 10.5. The number of para-hydroxylation sites is 1. The summed E-state index contributed by atoms with van der Waals surface area (Å²) in [4.78, 5) is 8.55. The fraction of sp³-hybridized carbons (Fsp3) is 0.158. The summed E-state index contributed by atoms with van der Waals surface area (Å²) in [6.07, 6.45) is 6.86. The molecule has 0 bridgehead atoms. The molecule has 1 saturated heterocycles. The monoisotopic (exact) mass is 814 g/mol. The van der Waals surface area contributed by atoms with Crippen LogP contribution in [0, 0.1) is 28.5 Å². The first kappa shape index (κ1) is 37.3. The summed E-state index contributed by atoms with van der Waals surface area (Å²) in [5.41, 5.74) is 5.22. The van der Waals surface area contributed by atoms with Gasteiger partial charge in [-0.3, -0.25) is 9.97 Å². The van der Waals surface area contributed by atoms with E-state index >= 15 is 0 Å². The third-order valence-electron chi connectivity index (χ3n) is 8.77. The van der Waals surface area contributed by atoms with Gasteiger partial charge in [-0.15, -0.1) is 16.4 Å². The summed E-state index contributed by atoms with van der Waals surface area (Å²) < 4.78 is 16.8. The highest BCUT2D eigenvalue weighted by atomic mass is 35.5. The Morgan fingerprint density at radius 3 is 2.44 bits per heavy atom. The molecule has 54 heavy (non-hydrogen) atoms. The van der Waals surface area contributed by atoms with Crippen molar-refractivity contribution in [1.29, 1.82) is 10.5 Å². The molecule has 0 saturated carbocycles. The van der Waals surface area contributed by atoms with Crippen molar-refractivity contribution < 1.29 is 4.39 Å². The summed E-state index contributed by atoms with van der Waals surface area (Å²) in [5.74, 6) is -0.549. The molecule has 1 fully saturated rings. The number of thiophene rings is 1. The van der Waals surface area contributed by atoms with E-state index in [4.69, 9.17) is 51.7 Å². The fourth-order valence-corrected chi connectivity index (χ4v) is 8.09. The van der Waals surface area contributed by atoms with Crippen LogP contribution in [-0.2, 0) is 0 Å². The third kappa shape index (κ3) is 8.20. The van der Waals surface area contributed by atoms with Gasteiger partial charge in [0.1, 0.15) is 28.0 Å². The maximum Gasteiger partial charge on any atom is 0.141 e. The Morgan fingerprint density at radius 1 is 0.907 bits per heavy atom. The number of nitrogens with one attached hydrogen (secondary N) is 3. The molecule has 3 aromatic carbocycles. The third-order valence-corrected chi connectivity index (χ3v) is 10.9. The first-order chi connectivity index (χ1) is 26.2. The number of hydrogen-bond donors (Lipinski definition) is 3. The zero-order chi connectivity index (χ0) is 37.8. The van der Waals surface area contributed by atoms with Crippen LogP contribution < -0.4 is 16.0 Å². The van der Waals surface area contributed by atoms with Crippen LogP contribution in [0.25, 0.3) is 21.8 Å². The lowest BCUT2D eigenvalue weighted by molar-refractivity contribution is 0.337. The minimum Gasteiger partial charge on any atom is -0.373 e. The molecule has 0 radical (unpaired) electrons. The Balaban J connectivity index is 0.000000317. The lowest BCUT2D eigenvalue weighted by Crippen LogP contribution is -2.29. The van der Waals surface area contributed by atoms with Gasteiger partial charge in [0, 0.05) is 40.1 Å². The minimum atomic E-state index is -0.549. The predicted molar refractivity (Wildman–Crippen MR) is 214 cm³/mol. The van der Waals surface area contributed by atoms with E-state index in [2.05, 4.69) is 48.4 Å². The van der Waals surface area contributed by atoms with Gasteiger partial charge in [-0.2, -0.15) is 10.5 Å². The summed E-state index contributed by atoms with van der Waals surface area (Å²) in [6.45, 7) is 1.84. The average Bonchev–Trinajstić information content (AvgIpc) is 3.82. The molecule has 1 aliphatic heterocycles. The number of nitrogens with zero attached hydrogens (tertiary/aromatic N) is 7. The largest absolute Gasteiger partial charge is 0.373 e. The number of fused-ring (bicyclic) bond motifs is 2. The lowest BCUT2D eigenvalue weighted by atomic mass is 10.0. The molecule has 3 N–H and O–H groups in total. The molecule has 4 aromatic heterocycles. The molecule has 1 unspecified atom stereocenters. The SMILES string of the molecule is N#Cc1cnc2c(Cl)cc(NC(c3cn(C4CCNCC4)nn3)c3cc(Cl)sc3Cl)cc2c1Nc1ccc(F)c(Cl)c1.N#Cc1cnc2ccccc2c1. The average molecular weight is 817 g/mol. The summed E-state index contributed by atoms with van der Waals surface area (Å²) >= 11 is 27.0. The van der Waals surface area contributed by atoms with Gasteiger partial charge < -0.3 is 16.0 Å². The second-order valence-electron chi connectivity index (χ2n) is 12.3. The number of rotatable bonds is 7. The van der Waals surface area contributed by atoms with Gasteiger partial charge in [-0.25, -0.2) is 9.07 Å². The van der Waals surface area contributed by atoms with Crippen LogP contribution in [0.15, 0.2) is 85.3 Å². The Morgan fingerprint density at radius 2 is 1.70 bits per heavy atom. The number of aromatic nitrogens is 5. The molecule has 10 nitrogen and oxygen atoms in total. The van der Waals surface area contributed by atoms with Crippen LogP contribution in [0.2, 0.25) is 18.7 Å². The zero-order valence-electron chi connectivity index (χ0n) is 28.0. The second-order valence-corrected chi connectivity index (χ2v) is 15.4. The van der Waals surface area contributed by atoms with E-state index in [9.17, 15) is 9.65 Å². The molecule has 1 aliphatic rings. The van der Waals surface area contributed by atoms with Gasteiger partial charge in [-0.05, 0) is 74.5 Å². The van der Waals surface area contributed by atoms with Gasteiger partial charge in [0.25, 0.3) is 0 Å². The number of benzene rings is 3. The lowest BCUT2D eigenvalue weighted by Gasteiger charge is -2.22. The maximum atomic E-state index is 13.8. The Labute approximate surface area is 333 Å². The normalized spacial score (nSPS) is 13.5. The van der Waals surface area contributed by atoms with Gasteiger partial charge >= 0.3 is 0 Å². The number of nitriles is 2. The molecule has 0 amide bonds. The molecule has 0 aliphatic carbocycles. The van der Waals surface area contributed by atoms with Gasteiger partial charge in [0.05, 0.1) is 60.5 Å². The topological polar surface area (TPSA) is 140 Å². The molecule has 16 heteroatoms. The highest BCUT2D eigenvalue weighted by Crippen LogP contribution is 2.41. The van der Waals surface area contributed by atoms with Crippen LogP contribution in [-0.4, -0.2) is 38.1 Å². The van der Waals surface area contributed by atoms with Crippen LogP contribution in [0.3, 0.4) is 0 Å². The fourth-order valence-electron chi connectivity index (χ4n) is 6.11. The number of hydrogen-bond acceptors (Lipinski definition) is 10. The highest BCUT2D eigenvalue weighted by Gasteiger charge is 2.26. The van der Waals surface area contributed by atoms with Crippen molar-refractivity contribution in [3.05, 3.63) is 132 Å². The van der Waals surface area contributed by atoms with Crippen LogP contribution >= 0.6 is 57.7 Å². The van der Waals surface area contributed by atoms with Gasteiger partial charge in [0.15, 0.2) is 0 Å². The molecule has 8 rings (SSSR count). The van der Waals surface area contributed by atoms with Crippen LogP contribution in [0.1, 0.15) is 47.3 Å². The molecular weight excluding hydrogens is 789 g/mol. The summed E-state index contributed by atoms with van der Waals surface area (Å²) in [6, 6.07) is 23.1. The van der Waals surface area contributed by atoms with Crippen molar-refractivity contribution in [2.45, 2.75) is 24.9 Å². The van der Waals surface area contributed by atoms with Crippen molar-refractivity contribution in [1.82, 2.24) is 30.3 Å². The first-order valence-electron chi connectivity index (χ1n) is 16.5. The molecule has 7 aromatic rings. The van der Waals surface area contributed by atoms with E-state index in [-0.39, 0.29) is 16.6 Å². The Bertz CT molecular complexity index is 2570. The second kappa shape index (κ2) is 16.5. The summed E-state index contributed by atoms with van der Waals surface area (Å²) in [5, 5.41) is 39.3. The van der Waals surface area contributed by atoms with E-state index in [1.807, 2.05) is 47.3 Å². The molecule has 1 atom stereocenters. The Hall–Kier alpha value is -5.05. The van der Waals surface area contributed by atoms with Gasteiger partial charge in [-0.1, -0.05) is 69.8 Å². The highest BCUT2D eigenvalue weighted by molar-refractivity contribution is 7.20. The molecule has 5 heterocycles. The van der Waals surface area contributed by atoms with E-state index in [0.717, 1.165) is 42.4 Å². The molecule has 0 spiro atoms. The molecule has 270 valence electrons. The number of pyridine rings is 2. The molecular formula is C38H27Cl4FN10S. The van der Waals surface area contributed by atoms with E-state index in [1.165, 1.54) is 35.7 Å². The Kier molecular flexibility index (Phi) is 11.4. The number of piperidine rings is 1. The van der Waals surface area contributed by atoms with Crippen molar-refractivity contribution in [3.8, 4) is 12.1 Å². The van der Waals surface area contributed by atoms with Crippen LogP contribution in [0.4, 0.5) is 21.5 Å². The van der Waals surface area contributed by atoms with Crippen molar-refractivity contribution in [2.75, 3.05) is 23.7 Å². The first-order valence-corrected chi connectivity index (χ1v) is 18.9. The van der Waals surface area contributed by atoms with Gasteiger partial charge in [0.2, 0.25) is 0 Å². The standard InChI is InChI=1S/C28H21Cl4FN8S.C10H6N2/c29-20-8-15(1-2-22(20)33)37-25-14(11-34)12-36-26-18(25)7-16(9-21(26)30)38-27(19-10-24(31)42-28(19)32)23-13-41(40-39-23)17-3-5-35-6-4-17;11-6-8-5-9-3-1-2-4-10(9)12-7-8/h1-2,7-10,12-13,17,27,35,38H,3-6H2,(H,36,37);1-5,7H. The summed E-state index contributed by atoms with van der Waals surface area (Å²) in [7, 11) is 0. The van der Waals surface area contributed by atoms with Crippen molar-refractivity contribution >= 4 is 96.6 Å². The van der Waals surface area contributed by atoms with E-state index in [1.54, 1.807) is 18.3 Å². The number of halogens is 5. The smallest absolute Gasteiger partial charge is 0.141 e. The van der Waals surface area contributed by atoms with Crippen molar-refractivity contribution in [3.63, 3.8) is 0 Å². The van der Waals surface area contributed by atoms with E-state index in [0.29, 0.717) is 52.9 Å². The van der Waals surface area contributed by atoms with E-state index < -0.39 is 11.9 Å². The van der Waals surface area contributed by atoms with Crippen molar-refractivity contribution in [2.24, 2.45) is 0 Å². The maximum absolute atomic E-state index is 13.8. The number of anilines is 3. The quantitative estimate of drug-likeness (QED) is 0.143. The minimum absolute atomic E-state index is 0.0519.